The van der Waals surface area contributed by atoms with Crippen LogP contribution >= 0.6 is 0 Å². The van der Waals surface area contributed by atoms with Gasteiger partial charge in [0.1, 0.15) is 17.3 Å². The minimum atomic E-state index is -0.125. The molecule has 21 heteroatoms. The first-order chi connectivity index (χ1) is 56.6. The molecule has 0 atom stereocenters. The number of allylic oxidation sites excluding steroid dienone is 6. The number of furan rings is 6. The van der Waals surface area contributed by atoms with Crippen LogP contribution in [0.1, 0.15) is 124 Å². The molecule has 0 unspecified atom stereocenters. The van der Waals surface area contributed by atoms with Gasteiger partial charge in [0.15, 0.2) is 17.3 Å². The van der Waals surface area contributed by atoms with Crippen LogP contribution in [0.4, 0.5) is 0 Å². The average Bonchev–Trinajstić information content (AvgIpc) is 1.61. The summed E-state index contributed by atoms with van der Waals surface area (Å²) < 4.78 is 37.1. The molecule has 0 aliphatic heterocycles. The number of hydrogen-bond acceptors (Lipinski definition) is 18. The maximum Gasteiger partial charge on any atom is 0.217 e. The van der Waals surface area contributed by atoms with Gasteiger partial charge in [-0.15, -0.1) is 54.6 Å². The number of nitrogens with zero attached hydrogens (tertiary/aromatic N) is 6. The molecule has 0 aliphatic rings. The number of aromatic nitrogens is 6. The summed E-state index contributed by atoms with van der Waals surface area (Å²) in [5.41, 5.74) is 26.6. The smallest absolute Gasteiger partial charge is 0.217 e. The molecular weight excluding hydrogens is 2070 g/mol. The van der Waals surface area contributed by atoms with Crippen LogP contribution in [-0.4, -0.2) is 62.6 Å². The summed E-state index contributed by atoms with van der Waals surface area (Å²) in [7, 11) is 0. The second-order valence-electron chi connectivity index (χ2n) is 31.2. The maximum atomic E-state index is 10.0. The molecule has 6 aromatic carbocycles. The fraction of sp³-hybridized carbons (Fsp3) is 0.198. The van der Waals surface area contributed by atoms with E-state index in [1.54, 1.807) is 0 Å². The summed E-state index contributed by atoms with van der Waals surface area (Å²) in [6.45, 7) is 36.0. The van der Waals surface area contributed by atoms with Gasteiger partial charge >= 0.3 is 0 Å². The Balaban J connectivity index is 0.000000169. The number of carbonyl (C=O) groups is 3. The van der Waals surface area contributed by atoms with Gasteiger partial charge in [-0.3, -0.25) is 29.3 Å². The van der Waals surface area contributed by atoms with Crippen molar-refractivity contribution in [1.29, 1.82) is 0 Å². The number of ketones is 3. The molecule has 18 nitrogen and oxygen atoms in total. The van der Waals surface area contributed by atoms with E-state index in [0.29, 0.717) is 34.3 Å². The molecule has 18 aromatic rings. The van der Waals surface area contributed by atoms with E-state index in [1.807, 2.05) is 118 Å². The number of fused-ring (bicyclic) bond motifs is 12. The minimum Gasteiger partial charge on any atom is -0.512 e. The zero-order chi connectivity index (χ0) is 85.2. The molecule has 0 aliphatic carbocycles. The van der Waals surface area contributed by atoms with Crippen molar-refractivity contribution in [1.82, 2.24) is 29.9 Å². The average molecular weight is 2160 g/mol. The molecule has 122 heavy (non-hydrogen) atoms. The Morgan fingerprint density at radius 3 is 0.918 bits per heavy atom. The second-order valence-corrected chi connectivity index (χ2v) is 31.2. The minimum absolute atomic E-state index is 0. The topological polar surface area (TPSA) is 268 Å². The van der Waals surface area contributed by atoms with Gasteiger partial charge in [0.05, 0.1) is 34.0 Å². The van der Waals surface area contributed by atoms with Crippen molar-refractivity contribution < 1.29 is 117 Å². The van der Waals surface area contributed by atoms with Gasteiger partial charge in [0.25, 0.3) is 0 Å². The Hall–Kier alpha value is -12.2. The molecule has 0 bridgehead atoms. The summed E-state index contributed by atoms with van der Waals surface area (Å²) in [4.78, 5) is 58.2. The number of aryl methyl sites for hydroxylation is 10. The predicted molar refractivity (Wildman–Crippen MR) is 474 cm³/mol. The van der Waals surface area contributed by atoms with Crippen molar-refractivity contribution in [3.05, 3.63) is 285 Å². The Labute approximate surface area is 747 Å². The molecule has 0 spiro atoms. The van der Waals surface area contributed by atoms with E-state index in [9.17, 15) is 14.4 Å². The molecule has 0 saturated heterocycles. The number of hydrogen-bond donors (Lipinski definition) is 3. The predicted octanol–water partition coefficient (Wildman–Crippen LogP) is 26.3. The monoisotopic (exact) mass is 2160 g/mol. The van der Waals surface area contributed by atoms with Gasteiger partial charge in [-0.05, 0) is 228 Å². The number of rotatable bonds is 9. The van der Waals surface area contributed by atoms with E-state index < -0.39 is 0 Å². The summed E-state index contributed by atoms with van der Waals surface area (Å²) in [5, 5.41) is 34.0. The van der Waals surface area contributed by atoms with Crippen LogP contribution in [0.15, 0.2) is 232 Å². The van der Waals surface area contributed by atoms with Gasteiger partial charge in [-0.1, -0.05) is 137 Å². The van der Waals surface area contributed by atoms with Crippen molar-refractivity contribution in [3.63, 3.8) is 0 Å². The van der Waals surface area contributed by atoms with E-state index in [-0.39, 0.29) is 100 Å². The normalized spacial score (nSPS) is 11.5. The van der Waals surface area contributed by atoms with Gasteiger partial charge in [-0.2, -0.15) is 0 Å². The fourth-order valence-corrected chi connectivity index (χ4v) is 14.6. The molecule has 0 saturated carbocycles. The van der Waals surface area contributed by atoms with Crippen LogP contribution < -0.4 is 0 Å². The first kappa shape index (κ1) is 92.1. The van der Waals surface area contributed by atoms with Crippen molar-refractivity contribution in [3.8, 4) is 67.7 Å². The molecule has 627 valence electrons. The van der Waals surface area contributed by atoms with Crippen LogP contribution in [-0.2, 0) is 80.1 Å². The molecule has 0 fully saturated rings. The van der Waals surface area contributed by atoms with Crippen LogP contribution in [0.2, 0.25) is 0 Å². The Kier molecular flexibility index (Phi) is 29.2. The molecule has 0 amide bonds. The number of carbonyl (C=O) groups excluding carboxylic acids is 3. The van der Waals surface area contributed by atoms with Gasteiger partial charge < -0.3 is 41.8 Å². The zero-order valence-electron chi connectivity index (χ0n) is 71.1. The maximum absolute atomic E-state index is 10.0. The fourth-order valence-electron chi connectivity index (χ4n) is 14.6. The number of pyridine rings is 6. The zero-order valence-corrected chi connectivity index (χ0v) is 78.3. The standard InChI is InChI=1S/C31H27N2O2.C28H21N2O2.C27H19N2O2.3C5H8O2.3Ir/c1-17-14-21(31(4,5)6)15-18(2)27(17)26-16-20-11-13-25(33-29(20)34-26)24-9-7-8-22-23-12-10-19(3)32-30(23)35-28(22)24;1-15-12-16(2)25(17(3)13-15)24-14-19-9-11-23(30-27(19)31-24)22-7-5-6-20-21-10-8-18(4)29-28(21)32-26(20)22;1-15-11-16(2)13-19(12-15)24-14-18-8-10-23(29-26(18)30-24)22-6-4-5-20-21-9-7-17(3)28-27(21)31-25(20)22;3*1-4(6)3-5(2)7;;;/h7-8,10-16H,1-6H3;5-6,8-14H,1-4H3;4-5,7-14H,1-3H3;3*3,6H,1-2H3;;;/q3*-1;;;;;;. The quantitative estimate of drug-likeness (QED) is 0.0688. The molecule has 3 N–H and O–H groups in total. The van der Waals surface area contributed by atoms with E-state index in [0.717, 1.165) is 150 Å². The van der Waals surface area contributed by atoms with E-state index in [4.69, 9.17) is 56.8 Å². The first-order valence-electron chi connectivity index (χ1n) is 38.9. The summed E-state index contributed by atoms with van der Waals surface area (Å²) >= 11 is 0. The third-order valence-corrected chi connectivity index (χ3v) is 19.5. The van der Waals surface area contributed by atoms with E-state index in [1.165, 1.54) is 104 Å². The Morgan fingerprint density at radius 1 is 0.328 bits per heavy atom. The third kappa shape index (κ3) is 21.0. The van der Waals surface area contributed by atoms with Crippen LogP contribution in [0.5, 0.6) is 0 Å². The SMILES string of the molecule is CC(=O)C=C(C)O.CC(=O)C=C(C)O.CC(=O)C=C(C)O.Cc1cc(C)c(-c2cc3ccc(-c4[c-]ccc5c4oc4nc(C)ccc45)nc3o2)c(C)c1.Cc1cc(C)cc(-c2cc3ccc(-c4[c-]ccc5c4oc4nc(C)ccc45)nc3o2)c1.Cc1ccc2c(n1)oc1c(-c3ccc4cc(-c5c(C)cc(C(C)(C)C)cc5C)oc4n3)[c-]ccc12.[Ir].[Ir].[Ir]. The number of aliphatic hydroxyl groups excluding tert-OH is 3. The van der Waals surface area contributed by atoms with Crippen molar-refractivity contribution in [2.75, 3.05) is 0 Å². The van der Waals surface area contributed by atoms with Crippen LogP contribution in [0, 0.1) is 87.4 Å². The molecule has 3 radical (unpaired) electrons. The van der Waals surface area contributed by atoms with E-state index >= 15 is 0 Å². The van der Waals surface area contributed by atoms with Gasteiger partial charge in [0.2, 0.25) is 34.3 Å². The van der Waals surface area contributed by atoms with Crippen LogP contribution in [0.25, 0.3) is 167 Å². The summed E-state index contributed by atoms with van der Waals surface area (Å²) in [6.07, 6.45) is 3.50. The molecule has 12 aromatic heterocycles. The first-order valence-corrected chi connectivity index (χ1v) is 38.9. The van der Waals surface area contributed by atoms with Gasteiger partial charge in [0, 0.05) is 145 Å². The van der Waals surface area contributed by atoms with Crippen molar-refractivity contribution in [2.45, 2.75) is 137 Å². The van der Waals surface area contributed by atoms with E-state index in [2.05, 4.69) is 175 Å². The summed E-state index contributed by atoms with van der Waals surface area (Å²) in [5.74, 6) is 2.31. The number of benzene rings is 6. The summed E-state index contributed by atoms with van der Waals surface area (Å²) in [6, 6.07) is 67.4. The molecule has 12 heterocycles. The number of aliphatic hydroxyl groups is 3. The second kappa shape index (κ2) is 38.7. The molecule has 18 rings (SSSR count). The van der Waals surface area contributed by atoms with Crippen molar-refractivity contribution in [2.24, 2.45) is 0 Å². The van der Waals surface area contributed by atoms with Crippen molar-refractivity contribution >= 4 is 117 Å². The third-order valence-electron chi connectivity index (χ3n) is 19.5. The largest absolute Gasteiger partial charge is 0.512 e. The Morgan fingerprint density at radius 2 is 0.623 bits per heavy atom. The van der Waals surface area contributed by atoms with Crippen LogP contribution in [0.3, 0.4) is 0 Å². The molecular formula is C101H91Ir3N6O12-3. The Bertz CT molecular complexity index is 6980. The van der Waals surface area contributed by atoms with Gasteiger partial charge in [-0.25, -0.2) is 15.0 Å².